The van der Waals surface area contributed by atoms with Gasteiger partial charge in [0.2, 0.25) is 0 Å². The van der Waals surface area contributed by atoms with Gasteiger partial charge in [-0.25, -0.2) is 4.57 Å². The van der Waals surface area contributed by atoms with Gasteiger partial charge in [-0.05, 0) is 128 Å². The van der Waals surface area contributed by atoms with Gasteiger partial charge >= 0.3 is 19.8 Å². The van der Waals surface area contributed by atoms with Crippen molar-refractivity contribution in [2.45, 2.75) is 213 Å². The van der Waals surface area contributed by atoms with E-state index in [4.69, 9.17) is 18.5 Å². The van der Waals surface area contributed by atoms with E-state index in [0.29, 0.717) is 23.9 Å². The number of allylic oxidation sites excluding steroid dienone is 30. The van der Waals surface area contributed by atoms with Crippen molar-refractivity contribution >= 4 is 19.8 Å². The van der Waals surface area contributed by atoms with E-state index in [-0.39, 0.29) is 26.1 Å². The molecule has 0 radical (unpaired) electrons. The Morgan fingerprint density at radius 3 is 1.01 bits per heavy atom. The molecule has 9 nitrogen and oxygen atoms in total. The molecule has 0 amide bonds. The number of esters is 2. The van der Waals surface area contributed by atoms with Crippen LogP contribution in [0.2, 0.25) is 0 Å². The van der Waals surface area contributed by atoms with Crippen LogP contribution in [0.4, 0.5) is 0 Å². The highest BCUT2D eigenvalue weighted by atomic mass is 31.2. The third kappa shape index (κ3) is 64.3. The lowest BCUT2D eigenvalue weighted by Gasteiger charge is -2.24. The van der Waals surface area contributed by atoms with Crippen LogP contribution in [0.5, 0.6) is 0 Å². The van der Waals surface area contributed by atoms with Gasteiger partial charge in [0.15, 0.2) is 6.10 Å². The summed E-state index contributed by atoms with van der Waals surface area (Å²) in [6.07, 6.45) is 94.1. The maximum Gasteiger partial charge on any atom is 0.472 e. The zero-order valence-electron chi connectivity index (χ0n) is 52.1. The Bertz CT molecular complexity index is 2030. The normalized spacial score (nSPS) is 14.5. The summed E-state index contributed by atoms with van der Waals surface area (Å²) in [4.78, 5) is 35.7. The third-order valence-corrected chi connectivity index (χ3v) is 13.4. The maximum atomic E-state index is 12.8. The van der Waals surface area contributed by atoms with Gasteiger partial charge in [0.25, 0.3) is 0 Å². The number of likely N-dealkylation sites (N-methyl/N-ethyl adjacent to an activating group) is 1. The van der Waals surface area contributed by atoms with Crippen LogP contribution in [0.3, 0.4) is 0 Å². The minimum absolute atomic E-state index is 0.0111. The van der Waals surface area contributed by atoms with Crippen molar-refractivity contribution in [3.05, 3.63) is 182 Å². The summed E-state index contributed by atoms with van der Waals surface area (Å²) in [6, 6.07) is 0. The fourth-order valence-corrected chi connectivity index (χ4v) is 8.41. The van der Waals surface area contributed by atoms with E-state index in [0.717, 1.165) is 128 Å². The van der Waals surface area contributed by atoms with E-state index in [9.17, 15) is 19.0 Å². The number of phosphoric acid groups is 1. The van der Waals surface area contributed by atoms with Crippen LogP contribution in [0.1, 0.15) is 206 Å². The molecule has 0 spiro atoms. The minimum atomic E-state index is -4.42. The molecule has 2 unspecified atom stereocenters. The number of unbranched alkanes of at least 4 members (excludes halogenated alkanes) is 11. The number of hydrogen-bond donors (Lipinski definition) is 1. The molecule has 2 atom stereocenters. The Hall–Kier alpha value is -4.89. The summed E-state index contributed by atoms with van der Waals surface area (Å²) in [6.45, 7) is 4.10. The second-order valence-electron chi connectivity index (χ2n) is 21.3. The predicted octanol–water partition coefficient (Wildman–Crippen LogP) is 20.4. The van der Waals surface area contributed by atoms with Crippen molar-refractivity contribution in [3.8, 4) is 0 Å². The van der Waals surface area contributed by atoms with Crippen molar-refractivity contribution in [1.29, 1.82) is 0 Å². The molecule has 0 rings (SSSR count). The van der Waals surface area contributed by atoms with Gasteiger partial charge in [-0.1, -0.05) is 247 Å². The summed E-state index contributed by atoms with van der Waals surface area (Å²) >= 11 is 0. The largest absolute Gasteiger partial charge is 0.472 e. The van der Waals surface area contributed by atoms with E-state index in [1.807, 2.05) is 21.1 Å². The highest BCUT2D eigenvalue weighted by Gasteiger charge is 2.27. The Morgan fingerprint density at radius 1 is 0.378 bits per heavy atom. The standard InChI is InChI=1S/C72H114NO8P/c1-6-8-10-12-14-16-18-20-22-24-26-28-30-31-32-33-34-35-36-37-38-39-40-41-43-45-47-49-51-53-55-57-59-61-63-65-72(75)81-70(69-80-82(76,77)79-67-66-73(3,4)5)68-78-71(74)64-62-60-58-56-54-52-50-48-46-44-42-29-27-25-23-21-19-17-15-13-11-9-7-2/h8-11,14-17,20-23,26-29,31-32,34-35,37-38,40-41,44,46,50,52,56,58,70H,6-7,12-13,18-19,24-25,30,33,36,39,42-43,45,47-49,51,53-55,57,59-69H2,1-5H3/p+1/b10-8-,11-9-,16-14-,17-15-,22-20-,23-21-,28-26-,29-27-,32-31-,35-34-,38-37-,41-40-,46-44-,52-50-,58-56-. The van der Waals surface area contributed by atoms with Crippen molar-refractivity contribution < 1.29 is 42.1 Å². The van der Waals surface area contributed by atoms with E-state index >= 15 is 0 Å². The topological polar surface area (TPSA) is 108 Å². The Balaban J connectivity index is 4.25. The molecule has 82 heavy (non-hydrogen) atoms. The molecular formula is C72H115NO8P+. The number of carbonyl (C=O) groups is 2. The molecule has 0 fully saturated rings. The van der Waals surface area contributed by atoms with Gasteiger partial charge in [-0.3, -0.25) is 18.6 Å². The number of phosphoric ester groups is 1. The fraction of sp³-hybridized carbons (Fsp3) is 0.556. The third-order valence-electron chi connectivity index (χ3n) is 12.4. The average molecular weight is 1150 g/mol. The predicted molar refractivity (Wildman–Crippen MR) is 352 cm³/mol. The lowest BCUT2D eigenvalue weighted by Crippen LogP contribution is -2.37. The summed E-state index contributed by atoms with van der Waals surface area (Å²) in [5.74, 6) is -0.887. The smallest absolute Gasteiger partial charge is 0.462 e. The highest BCUT2D eigenvalue weighted by Crippen LogP contribution is 2.43. The van der Waals surface area contributed by atoms with Crippen LogP contribution < -0.4 is 0 Å². The number of carbonyl (C=O) groups excluding carboxylic acids is 2. The minimum Gasteiger partial charge on any atom is -0.462 e. The lowest BCUT2D eigenvalue weighted by atomic mass is 10.0. The van der Waals surface area contributed by atoms with Gasteiger partial charge in [0.1, 0.15) is 19.8 Å². The van der Waals surface area contributed by atoms with Crippen LogP contribution >= 0.6 is 7.82 Å². The molecular weight excluding hydrogens is 1040 g/mol. The SMILES string of the molecule is CC/C=C\C/C=C\C/C=C\C/C=C\C/C=C\C/C=C\C/C=C\C/C=C\CCCCCCCCCCCCC(=O)OC(COC(=O)CCC/C=C\C/C=C\C/C=C\C/C=C\C/C=C\C/C=C\C/C=C\CC)COP(=O)(O)OCC[N+](C)(C)C. The molecule has 0 aliphatic carbocycles. The van der Waals surface area contributed by atoms with Crippen LogP contribution in [-0.4, -0.2) is 74.9 Å². The lowest BCUT2D eigenvalue weighted by molar-refractivity contribution is -0.870. The van der Waals surface area contributed by atoms with Crippen molar-refractivity contribution in [3.63, 3.8) is 0 Å². The molecule has 0 aromatic carbocycles. The van der Waals surface area contributed by atoms with Gasteiger partial charge in [-0.15, -0.1) is 0 Å². The van der Waals surface area contributed by atoms with Crippen LogP contribution in [0, 0.1) is 0 Å². The fourth-order valence-electron chi connectivity index (χ4n) is 7.67. The van der Waals surface area contributed by atoms with Crippen LogP contribution in [0.25, 0.3) is 0 Å². The van der Waals surface area contributed by atoms with E-state index in [1.54, 1.807) is 0 Å². The second kappa shape index (κ2) is 60.7. The first-order valence-corrected chi connectivity index (χ1v) is 33.0. The Kier molecular flexibility index (Phi) is 57.1. The quantitative estimate of drug-likeness (QED) is 0.0211. The number of hydrogen-bond acceptors (Lipinski definition) is 7. The zero-order valence-corrected chi connectivity index (χ0v) is 53.0. The van der Waals surface area contributed by atoms with E-state index in [2.05, 4.69) is 196 Å². The highest BCUT2D eigenvalue weighted by molar-refractivity contribution is 7.47. The molecule has 0 aliphatic rings. The Morgan fingerprint density at radius 2 is 0.671 bits per heavy atom. The first-order chi connectivity index (χ1) is 40.0. The first kappa shape index (κ1) is 77.1. The van der Waals surface area contributed by atoms with E-state index in [1.165, 1.54) is 38.5 Å². The summed E-state index contributed by atoms with van der Waals surface area (Å²) < 4.78 is 34.5. The monoisotopic (exact) mass is 1150 g/mol. The van der Waals surface area contributed by atoms with E-state index < -0.39 is 32.5 Å². The van der Waals surface area contributed by atoms with Gasteiger partial charge in [-0.2, -0.15) is 0 Å². The number of ether oxygens (including phenoxy) is 2. The average Bonchev–Trinajstić information content (AvgIpc) is 3.45. The van der Waals surface area contributed by atoms with Crippen molar-refractivity contribution in [1.82, 2.24) is 0 Å². The number of quaternary nitrogens is 1. The number of rotatable bonds is 55. The molecule has 0 saturated carbocycles. The van der Waals surface area contributed by atoms with Crippen molar-refractivity contribution in [2.24, 2.45) is 0 Å². The van der Waals surface area contributed by atoms with Gasteiger partial charge in [0, 0.05) is 12.8 Å². The maximum absolute atomic E-state index is 12.8. The molecule has 0 saturated heterocycles. The molecule has 0 aromatic rings. The number of nitrogens with zero attached hydrogens (tertiary/aromatic N) is 1. The molecule has 10 heteroatoms. The van der Waals surface area contributed by atoms with Crippen LogP contribution in [-0.2, 0) is 32.7 Å². The molecule has 460 valence electrons. The molecule has 0 aliphatic heterocycles. The van der Waals surface area contributed by atoms with Gasteiger partial charge in [0.05, 0.1) is 27.7 Å². The molecule has 0 heterocycles. The summed E-state index contributed by atoms with van der Waals surface area (Å²) in [5.41, 5.74) is 0. The van der Waals surface area contributed by atoms with Gasteiger partial charge < -0.3 is 18.9 Å². The molecule has 0 aromatic heterocycles. The second-order valence-corrected chi connectivity index (χ2v) is 22.8. The van der Waals surface area contributed by atoms with Crippen molar-refractivity contribution in [2.75, 3.05) is 47.5 Å². The zero-order chi connectivity index (χ0) is 59.8. The molecule has 1 N–H and O–H groups in total. The molecule has 0 bridgehead atoms. The van der Waals surface area contributed by atoms with Crippen LogP contribution in [0.15, 0.2) is 182 Å². The first-order valence-electron chi connectivity index (χ1n) is 31.5. The Labute approximate surface area is 501 Å². The summed E-state index contributed by atoms with van der Waals surface area (Å²) in [5, 5.41) is 0. The summed E-state index contributed by atoms with van der Waals surface area (Å²) in [7, 11) is 1.41.